The zero-order chi connectivity index (χ0) is 11.0. The molecular weight excluding hydrogens is 212 g/mol. The smallest absolute Gasteiger partial charge is 0.244 e. The Balaban J connectivity index is 2.10. The Morgan fingerprint density at radius 1 is 1.67 bits per heavy atom. The summed E-state index contributed by atoms with van der Waals surface area (Å²) in [6.07, 6.45) is 0.840. The van der Waals surface area contributed by atoms with E-state index < -0.39 is 0 Å². The number of hydrogen-bond donors (Lipinski definition) is 2. The fourth-order valence-electron chi connectivity index (χ4n) is 1.60. The molecule has 1 fully saturated rings. The number of amides is 1. The minimum absolute atomic E-state index is 0.117. The molecule has 0 aromatic carbocycles. The number of rotatable bonds is 2. The first-order valence-corrected chi connectivity index (χ1v) is 5.60. The van der Waals surface area contributed by atoms with E-state index in [9.17, 15) is 4.79 Å². The van der Waals surface area contributed by atoms with Crippen LogP contribution in [0.25, 0.3) is 0 Å². The number of nitrogens with two attached hydrogens (primary N) is 1. The van der Waals surface area contributed by atoms with Crippen molar-refractivity contribution in [3.05, 3.63) is 5.56 Å². The summed E-state index contributed by atoms with van der Waals surface area (Å²) in [6, 6.07) is -0.117. The summed E-state index contributed by atoms with van der Waals surface area (Å²) in [5.41, 5.74) is 6.57. The monoisotopic (exact) mass is 226 g/mol. The number of nitrogen functional groups attached to an aromatic ring is 1. The van der Waals surface area contributed by atoms with Gasteiger partial charge < -0.3 is 16.0 Å². The van der Waals surface area contributed by atoms with Crippen LogP contribution < -0.4 is 11.1 Å². The van der Waals surface area contributed by atoms with Crippen molar-refractivity contribution < 1.29 is 4.79 Å². The minimum Gasteiger partial charge on any atom is -0.383 e. The van der Waals surface area contributed by atoms with Gasteiger partial charge in [-0.15, -0.1) is 0 Å². The Morgan fingerprint density at radius 2 is 2.40 bits per heavy atom. The maximum atomic E-state index is 11.6. The minimum atomic E-state index is -0.117. The van der Waals surface area contributed by atoms with E-state index in [-0.39, 0.29) is 11.9 Å². The van der Waals surface area contributed by atoms with Crippen LogP contribution >= 0.6 is 11.5 Å². The molecule has 0 aliphatic carbocycles. The lowest BCUT2D eigenvalue weighted by Gasteiger charge is -2.12. The van der Waals surface area contributed by atoms with Crippen molar-refractivity contribution in [1.82, 2.24) is 9.27 Å². The Hall–Kier alpha value is -1.30. The van der Waals surface area contributed by atoms with Crippen molar-refractivity contribution in [3.8, 4) is 0 Å². The third kappa shape index (κ3) is 1.77. The molecule has 15 heavy (non-hydrogen) atoms. The van der Waals surface area contributed by atoms with E-state index in [4.69, 9.17) is 5.73 Å². The third-order valence-electron chi connectivity index (χ3n) is 2.69. The van der Waals surface area contributed by atoms with Crippen LogP contribution in [0.5, 0.6) is 0 Å². The summed E-state index contributed by atoms with van der Waals surface area (Å²) in [7, 11) is 1.82. The maximum absolute atomic E-state index is 11.6. The third-order valence-corrected chi connectivity index (χ3v) is 3.59. The van der Waals surface area contributed by atoms with Gasteiger partial charge in [-0.25, -0.2) is 0 Å². The lowest BCUT2D eigenvalue weighted by molar-refractivity contribution is -0.127. The maximum Gasteiger partial charge on any atom is 0.244 e. The molecule has 5 nitrogen and oxygen atoms in total. The quantitative estimate of drug-likeness (QED) is 0.777. The number of nitrogens with one attached hydrogen (secondary N) is 1. The molecule has 0 radical (unpaired) electrons. The van der Waals surface area contributed by atoms with Gasteiger partial charge in [0.2, 0.25) is 5.91 Å². The van der Waals surface area contributed by atoms with Crippen LogP contribution in [0, 0.1) is 6.92 Å². The van der Waals surface area contributed by atoms with Gasteiger partial charge in [-0.1, -0.05) is 0 Å². The zero-order valence-corrected chi connectivity index (χ0v) is 9.60. The van der Waals surface area contributed by atoms with Crippen molar-refractivity contribution in [2.24, 2.45) is 0 Å². The molecule has 0 bridgehead atoms. The normalized spacial score (nSPS) is 21.1. The van der Waals surface area contributed by atoms with Crippen molar-refractivity contribution >= 4 is 28.3 Å². The van der Waals surface area contributed by atoms with E-state index in [2.05, 4.69) is 9.69 Å². The van der Waals surface area contributed by atoms with Crippen LogP contribution in [0.15, 0.2) is 0 Å². The Morgan fingerprint density at radius 3 is 2.87 bits per heavy atom. The van der Waals surface area contributed by atoms with Gasteiger partial charge in [0, 0.05) is 19.2 Å². The van der Waals surface area contributed by atoms with Crippen molar-refractivity contribution in [3.63, 3.8) is 0 Å². The molecule has 2 heterocycles. The summed E-state index contributed by atoms with van der Waals surface area (Å²) < 4.78 is 4.03. The van der Waals surface area contributed by atoms with E-state index in [1.54, 1.807) is 4.90 Å². The molecule has 1 amide bonds. The molecule has 0 spiro atoms. The van der Waals surface area contributed by atoms with E-state index in [1.165, 1.54) is 11.5 Å². The Labute approximate surface area is 92.4 Å². The molecule has 1 aromatic rings. The van der Waals surface area contributed by atoms with E-state index in [1.807, 2.05) is 14.0 Å². The zero-order valence-electron chi connectivity index (χ0n) is 8.78. The Bertz CT molecular complexity index is 389. The van der Waals surface area contributed by atoms with Crippen LogP contribution in [-0.4, -0.2) is 34.8 Å². The molecule has 3 N–H and O–H groups in total. The highest BCUT2D eigenvalue weighted by Gasteiger charge is 2.29. The first kappa shape index (κ1) is 10.2. The van der Waals surface area contributed by atoms with Gasteiger partial charge in [0.15, 0.2) is 0 Å². The summed E-state index contributed by atoms with van der Waals surface area (Å²) in [5.74, 6) is 0.683. The number of carbonyl (C=O) groups is 1. The lowest BCUT2D eigenvalue weighted by Crippen LogP contribution is -2.30. The number of aromatic nitrogens is 1. The van der Waals surface area contributed by atoms with E-state index >= 15 is 0 Å². The number of anilines is 2. The second-order valence-electron chi connectivity index (χ2n) is 3.77. The molecule has 1 aliphatic heterocycles. The van der Waals surface area contributed by atoms with Gasteiger partial charge in [-0.05, 0) is 24.9 Å². The highest BCUT2D eigenvalue weighted by molar-refractivity contribution is 7.10. The first-order valence-electron chi connectivity index (χ1n) is 4.83. The second kappa shape index (κ2) is 3.69. The molecule has 1 unspecified atom stereocenters. The predicted molar refractivity (Wildman–Crippen MR) is 60.9 cm³/mol. The Kier molecular flexibility index (Phi) is 2.52. The summed E-state index contributed by atoms with van der Waals surface area (Å²) >= 11 is 1.31. The fourth-order valence-corrected chi connectivity index (χ4v) is 2.36. The largest absolute Gasteiger partial charge is 0.383 e. The van der Waals surface area contributed by atoms with Crippen LogP contribution in [-0.2, 0) is 4.79 Å². The van der Waals surface area contributed by atoms with Crippen LogP contribution in [0.4, 0.5) is 10.8 Å². The average molecular weight is 226 g/mol. The van der Waals surface area contributed by atoms with Crippen molar-refractivity contribution in [1.29, 1.82) is 0 Å². The highest BCUT2D eigenvalue weighted by Crippen LogP contribution is 2.27. The highest BCUT2D eigenvalue weighted by atomic mass is 32.1. The number of likely N-dealkylation sites (N-methyl/N-ethyl adjacent to an activating group) is 1. The van der Waals surface area contributed by atoms with Gasteiger partial charge >= 0.3 is 0 Å². The van der Waals surface area contributed by atoms with Gasteiger partial charge in [0.05, 0.1) is 0 Å². The van der Waals surface area contributed by atoms with Crippen molar-refractivity contribution in [2.45, 2.75) is 19.4 Å². The molecule has 1 atom stereocenters. The molecular formula is C9H14N4OS. The van der Waals surface area contributed by atoms with Crippen LogP contribution in [0.3, 0.4) is 0 Å². The number of likely N-dealkylation sites (tertiary alicyclic amines) is 1. The molecule has 1 aromatic heterocycles. The van der Waals surface area contributed by atoms with Gasteiger partial charge in [0.25, 0.3) is 0 Å². The van der Waals surface area contributed by atoms with Crippen LogP contribution in [0.1, 0.15) is 12.0 Å². The van der Waals surface area contributed by atoms with Crippen LogP contribution in [0.2, 0.25) is 0 Å². The number of hydrogen-bond acceptors (Lipinski definition) is 5. The van der Waals surface area contributed by atoms with Gasteiger partial charge in [-0.2, -0.15) is 4.37 Å². The second-order valence-corrected chi connectivity index (χ2v) is 4.54. The van der Waals surface area contributed by atoms with Gasteiger partial charge in [-0.3, -0.25) is 4.79 Å². The summed E-state index contributed by atoms with van der Waals surface area (Å²) in [5, 5.41) is 4.10. The number of nitrogens with zero attached hydrogens (tertiary/aromatic N) is 2. The fraction of sp³-hybridized carbons (Fsp3) is 0.556. The topological polar surface area (TPSA) is 71.2 Å². The van der Waals surface area contributed by atoms with E-state index in [0.717, 1.165) is 23.5 Å². The molecule has 2 rings (SSSR count). The molecule has 0 saturated carbocycles. The predicted octanol–water partition coefficient (Wildman–Crippen LogP) is 0.676. The molecule has 82 valence electrons. The standard InChI is InChI=1S/C9H14N4OS/c1-5-7(10)12-15-8(5)11-6-3-4-13(2)9(6)14/h6,11H,3-4H2,1-2H3,(H2,10,12). The first-order chi connectivity index (χ1) is 7.09. The van der Waals surface area contributed by atoms with Gasteiger partial charge in [0.1, 0.15) is 16.9 Å². The SMILES string of the molecule is Cc1c(N)nsc1NC1CCN(C)C1=O. The number of carbonyl (C=O) groups excluding carboxylic acids is 1. The van der Waals surface area contributed by atoms with E-state index in [0.29, 0.717) is 5.82 Å². The lowest BCUT2D eigenvalue weighted by atomic mass is 10.2. The average Bonchev–Trinajstić information content (AvgIpc) is 2.68. The molecule has 1 aliphatic rings. The molecule has 1 saturated heterocycles. The van der Waals surface area contributed by atoms with Crippen molar-refractivity contribution in [2.75, 3.05) is 24.6 Å². The molecule has 6 heteroatoms. The summed E-state index contributed by atoms with van der Waals surface area (Å²) in [6.45, 7) is 2.72. The summed E-state index contributed by atoms with van der Waals surface area (Å²) in [4.78, 5) is 13.4.